The van der Waals surface area contributed by atoms with E-state index in [1.807, 2.05) is 30.1 Å². The molecule has 2 aliphatic rings. The Bertz CT molecular complexity index is 762. The van der Waals surface area contributed by atoms with Gasteiger partial charge in [0.2, 0.25) is 5.91 Å². The van der Waals surface area contributed by atoms with Gasteiger partial charge in [-0.15, -0.1) is 11.3 Å². The number of benzene rings is 1. The van der Waals surface area contributed by atoms with Crippen molar-refractivity contribution in [3.8, 4) is 0 Å². The van der Waals surface area contributed by atoms with Crippen LogP contribution in [0.25, 0.3) is 0 Å². The normalized spacial score (nSPS) is 26.5. The minimum absolute atomic E-state index is 0.0405. The number of hydrogen-bond donors (Lipinski definition) is 0. The maximum Gasteiger partial charge on any atom is 0.273 e. The molecule has 0 N–H and O–H groups in total. The fourth-order valence-corrected chi connectivity index (χ4v) is 4.61. The number of thiazole rings is 1. The van der Waals surface area contributed by atoms with Gasteiger partial charge < -0.3 is 9.80 Å². The van der Waals surface area contributed by atoms with E-state index >= 15 is 0 Å². The summed E-state index contributed by atoms with van der Waals surface area (Å²) < 4.78 is 0. The van der Waals surface area contributed by atoms with Crippen molar-refractivity contribution in [2.24, 2.45) is 5.41 Å². The lowest BCUT2D eigenvalue weighted by Crippen LogP contribution is -2.39. The Kier molecular flexibility index (Phi) is 3.64. The zero-order valence-electron chi connectivity index (χ0n) is 13.5. The Morgan fingerprint density at radius 2 is 2.12 bits per heavy atom. The fraction of sp³-hybridized carbons (Fsp3) is 0.389. The van der Waals surface area contributed by atoms with Gasteiger partial charge in [0.1, 0.15) is 5.69 Å². The van der Waals surface area contributed by atoms with Crippen LogP contribution < -0.4 is 0 Å². The van der Waals surface area contributed by atoms with Gasteiger partial charge in [0, 0.05) is 38.0 Å². The molecule has 4 rings (SSSR count). The van der Waals surface area contributed by atoms with Gasteiger partial charge in [0.05, 0.1) is 10.9 Å². The van der Waals surface area contributed by atoms with Crippen LogP contribution in [0.4, 0.5) is 0 Å². The molecule has 2 aromatic rings. The summed E-state index contributed by atoms with van der Waals surface area (Å²) in [5, 5.41) is 1.77. The first-order valence-electron chi connectivity index (χ1n) is 8.10. The van der Waals surface area contributed by atoms with Crippen molar-refractivity contribution in [3.63, 3.8) is 0 Å². The third kappa shape index (κ3) is 2.24. The summed E-state index contributed by atoms with van der Waals surface area (Å²) in [7, 11) is 1.85. The maximum atomic E-state index is 12.9. The third-order valence-corrected chi connectivity index (χ3v) is 5.94. The highest BCUT2D eigenvalue weighted by Gasteiger charge is 2.57. The van der Waals surface area contributed by atoms with Crippen molar-refractivity contribution in [3.05, 3.63) is 52.5 Å². The van der Waals surface area contributed by atoms with Gasteiger partial charge in [-0.25, -0.2) is 4.98 Å². The largest absolute Gasteiger partial charge is 0.345 e. The molecule has 2 fully saturated rings. The third-order valence-electron chi connectivity index (χ3n) is 5.35. The van der Waals surface area contributed by atoms with Gasteiger partial charge in [-0.2, -0.15) is 0 Å². The first kappa shape index (κ1) is 15.3. The Hall–Kier alpha value is -2.21. The molecule has 0 unspecified atom stereocenters. The summed E-state index contributed by atoms with van der Waals surface area (Å²) in [5.74, 6) is 0.125. The van der Waals surface area contributed by atoms with Crippen molar-refractivity contribution < 1.29 is 9.59 Å². The van der Waals surface area contributed by atoms with Crippen LogP contribution in [0, 0.1) is 5.41 Å². The average molecular weight is 341 g/mol. The number of carbonyl (C=O) groups is 2. The Labute approximate surface area is 144 Å². The zero-order chi connectivity index (χ0) is 16.7. The second kappa shape index (κ2) is 5.70. The van der Waals surface area contributed by atoms with Crippen molar-refractivity contribution in [1.29, 1.82) is 0 Å². The van der Waals surface area contributed by atoms with Gasteiger partial charge in [0.15, 0.2) is 0 Å². The van der Waals surface area contributed by atoms with E-state index in [0.717, 1.165) is 18.5 Å². The first-order chi connectivity index (χ1) is 11.6. The molecule has 0 radical (unpaired) electrons. The Balaban J connectivity index is 1.71. The van der Waals surface area contributed by atoms with Crippen molar-refractivity contribution in [1.82, 2.24) is 14.8 Å². The number of hydrogen-bond acceptors (Lipinski definition) is 4. The van der Waals surface area contributed by atoms with E-state index < -0.39 is 5.41 Å². The van der Waals surface area contributed by atoms with Crippen LogP contribution in [0.2, 0.25) is 0 Å². The van der Waals surface area contributed by atoms with Crippen LogP contribution >= 0.6 is 11.3 Å². The summed E-state index contributed by atoms with van der Waals surface area (Å²) in [5.41, 5.74) is 2.78. The molecule has 1 aromatic carbocycles. The van der Waals surface area contributed by atoms with Gasteiger partial charge >= 0.3 is 0 Å². The van der Waals surface area contributed by atoms with E-state index in [0.29, 0.717) is 18.8 Å². The van der Waals surface area contributed by atoms with Crippen molar-refractivity contribution in [2.45, 2.75) is 12.3 Å². The Morgan fingerprint density at radius 1 is 1.33 bits per heavy atom. The molecule has 0 aliphatic carbocycles. The Morgan fingerprint density at radius 3 is 2.75 bits per heavy atom. The molecule has 1 spiro atoms. The van der Waals surface area contributed by atoms with Crippen LogP contribution in [0.1, 0.15) is 28.4 Å². The van der Waals surface area contributed by atoms with E-state index in [-0.39, 0.29) is 17.7 Å². The lowest BCUT2D eigenvalue weighted by atomic mass is 9.73. The number of likely N-dealkylation sites (tertiary alicyclic amines) is 2. The molecule has 5 nitrogen and oxygen atoms in total. The van der Waals surface area contributed by atoms with Gasteiger partial charge in [0.25, 0.3) is 5.91 Å². The van der Waals surface area contributed by atoms with Crippen LogP contribution in [0.5, 0.6) is 0 Å². The first-order valence-corrected chi connectivity index (χ1v) is 9.04. The van der Waals surface area contributed by atoms with Crippen LogP contribution in [0.3, 0.4) is 0 Å². The molecule has 3 heterocycles. The van der Waals surface area contributed by atoms with Crippen LogP contribution in [0.15, 0.2) is 41.2 Å². The topological polar surface area (TPSA) is 53.5 Å². The number of aromatic nitrogens is 1. The molecule has 1 aromatic heterocycles. The van der Waals surface area contributed by atoms with E-state index in [2.05, 4.69) is 17.1 Å². The van der Waals surface area contributed by atoms with Crippen LogP contribution in [-0.4, -0.2) is 53.3 Å². The van der Waals surface area contributed by atoms with Crippen molar-refractivity contribution in [2.75, 3.05) is 26.7 Å². The monoisotopic (exact) mass is 341 g/mol. The maximum absolute atomic E-state index is 12.9. The summed E-state index contributed by atoms with van der Waals surface area (Å²) in [6.45, 7) is 1.80. The molecule has 24 heavy (non-hydrogen) atoms. The van der Waals surface area contributed by atoms with Gasteiger partial charge in [-0.3, -0.25) is 9.59 Å². The zero-order valence-corrected chi connectivity index (χ0v) is 14.3. The van der Waals surface area contributed by atoms with E-state index in [4.69, 9.17) is 0 Å². The fourth-order valence-electron chi connectivity index (χ4n) is 4.08. The van der Waals surface area contributed by atoms with Crippen molar-refractivity contribution >= 4 is 23.2 Å². The standard InChI is InChI=1S/C18H19N3O2S/c1-20-8-7-18(17(20)23)11-21(16(22)15-10-24-12-19-15)9-14(18)13-5-3-2-4-6-13/h2-6,10,12,14H,7-9,11H2,1H3/t14-,18-/m0/s1. The highest BCUT2D eigenvalue weighted by atomic mass is 32.1. The average Bonchev–Trinajstić information content (AvgIpc) is 3.33. The van der Waals surface area contributed by atoms with E-state index in [1.165, 1.54) is 11.3 Å². The van der Waals surface area contributed by atoms with E-state index in [1.54, 1.807) is 15.8 Å². The molecule has 2 aliphatic heterocycles. The minimum atomic E-state index is -0.498. The molecule has 0 saturated carbocycles. The number of carbonyl (C=O) groups excluding carboxylic acids is 2. The minimum Gasteiger partial charge on any atom is -0.345 e. The molecule has 0 bridgehead atoms. The number of amides is 2. The highest BCUT2D eigenvalue weighted by Crippen LogP contribution is 2.49. The van der Waals surface area contributed by atoms with Crippen LogP contribution in [-0.2, 0) is 4.79 Å². The quantitative estimate of drug-likeness (QED) is 0.842. The van der Waals surface area contributed by atoms with Gasteiger partial charge in [-0.05, 0) is 12.0 Å². The molecule has 2 saturated heterocycles. The summed E-state index contributed by atoms with van der Waals surface area (Å²) >= 11 is 1.41. The van der Waals surface area contributed by atoms with E-state index in [9.17, 15) is 9.59 Å². The predicted molar refractivity (Wildman–Crippen MR) is 91.9 cm³/mol. The summed E-state index contributed by atoms with van der Waals surface area (Å²) in [6, 6.07) is 10.1. The molecule has 6 heteroatoms. The smallest absolute Gasteiger partial charge is 0.273 e. The summed E-state index contributed by atoms with van der Waals surface area (Å²) in [6.07, 6.45) is 0.794. The lowest BCUT2D eigenvalue weighted by Gasteiger charge is -2.28. The second-order valence-electron chi connectivity index (χ2n) is 6.66. The lowest BCUT2D eigenvalue weighted by molar-refractivity contribution is -0.134. The highest BCUT2D eigenvalue weighted by molar-refractivity contribution is 7.07. The second-order valence-corrected chi connectivity index (χ2v) is 7.37. The SMILES string of the molecule is CN1CC[C@@]2(CN(C(=O)c3cscn3)C[C@H]2c2ccccc2)C1=O. The predicted octanol–water partition coefficient (Wildman–Crippen LogP) is 2.23. The molecule has 2 amide bonds. The number of nitrogens with zero attached hydrogens (tertiary/aromatic N) is 3. The molecule has 2 atom stereocenters. The molecule has 124 valence electrons. The molecular formula is C18H19N3O2S. The summed E-state index contributed by atoms with van der Waals surface area (Å²) in [4.78, 5) is 33.4. The molecular weight excluding hydrogens is 322 g/mol. The number of rotatable bonds is 2. The van der Waals surface area contributed by atoms with Gasteiger partial charge in [-0.1, -0.05) is 30.3 Å².